The van der Waals surface area contributed by atoms with Crippen LogP contribution in [0.15, 0.2) is 24.3 Å². The third kappa shape index (κ3) is 1.90. The van der Waals surface area contributed by atoms with Gasteiger partial charge in [-0.05, 0) is 24.5 Å². The van der Waals surface area contributed by atoms with E-state index in [1.54, 1.807) is 6.92 Å². The Morgan fingerprint density at radius 3 is 3.12 bits per heavy atom. The zero-order chi connectivity index (χ0) is 11.8. The molecule has 0 amide bonds. The van der Waals surface area contributed by atoms with Crippen LogP contribution in [-0.4, -0.2) is 29.9 Å². The summed E-state index contributed by atoms with van der Waals surface area (Å²) in [6, 6.07) is 8.72. The Labute approximate surface area is 101 Å². The minimum Gasteiger partial charge on any atom is -0.357 e. The van der Waals surface area contributed by atoms with Crippen molar-refractivity contribution in [1.82, 2.24) is 4.90 Å². The van der Waals surface area contributed by atoms with Gasteiger partial charge in [0.25, 0.3) is 0 Å². The monoisotopic (exact) mass is 231 g/mol. The topological polar surface area (TPSA) is 29.5 Å². The highest BCUT2D eigenvalue weighted by Gasteiger charge is 2.38. The van der Waals surface area contributed by atoms with Crippen molar-refractivity contribution in [3.63, 3.8) is 0 Å². The van der Waals surface area contributed by atoms with E-state index in [9.17, 15) is 4.79 Å². The molecule has 1 fully saturated rings. The highest BCUT2D eigenvalue weighted by atomic mass is 16.5. The SMILES string of the molecule is CC(=O)C[C@@H]1CO[C@H]2c3ccccc3CCN12. The molecule has 2 aliphatic rings. The number of carbonyl (C=O) groups is 1. The van der Waals surface area contributed by atoms with Crippen LogP contribution in [0.3, 0.4) is 0 Å². The van der Waals surface area contributed by atoms with Gasteiger partial charge in [0.2, 0.25) is 0 Å². The molecule has 0 aliphatic carbocycles. The number of fused-ring (bicyclic) bond motifs is 3. The van der Waals surface area contributed by atoms with E-state index in [2.05, 4.69) is 29.2 Å². The van der Waals surface area contributed by atoms with Gasteiger partial charge in [0.05, 0.1) is 6.61 Å². The first-order chi connectivity index (χ1) is 8.25. The lowest BCUT2D eigenvalue weighted by Gasteiger charge is -2.33. The fraction of sp³-hybridized carbons (Fsp3) is 0.500. The number of ketones is 1. The normalized spacial score (nSPS) is 27.6. The van der Waals surface area contributed by atoms with E-state index in [0.29, 0.717) is 13.0 Å². The highest BCUT2D eigenvalue weighted by Crippen LogP contribution is 2.37. The maximum atomic E-state index is 11.2. The van der Waals surface area contributed by atoms with Gasteiger partial charge in [-0.3, -0.25) is 9.69 Å². The average molecular weight is 231 g/mol. The van der Waals surface area contributed by atoms with E-state index in [-0.39, 0.29) is 18.1 Å². The van der Waals surface area contributed by atoms with E-state index < -0.39 is 0 Å². The zero-order valence-corrected chi connectivity index (χ0v) is 10.1. The van der Waals surface area contributed by atoms with E-state index >= 15 is 0 Å². The summed E-state index contributed by atoms with van der Waals surface area (Å²) in [6.07, 6.45) is 1.74. The molecule has 2 atom stereocenters. The summed E-state index contributed by atoms with van der Waals surface area (Å²) in [7, 11) is 0. The second-order valence-corrected chi connectivity index (χ2v) is 4.93. The van der Waals surface area contributed by atoms with Crippen molar-refractivity contribution in [1.29, 1.82) is 0 Å². The molecule has 0 N–H and O–H groups in total. The molecule has 2 heterocycles. The van der Waals surface area contributed by atoms with E-state index in [4.69, 9.17) is 4.74 Å². The number of Topliss-reactive ketones (excluding diaryl/α,β-unsaturated/α-hetero) is 1. The molecule has 90 valence electrons. The lowest BCUT2D eigenvalue weighted by molar-refractivity contribution is -0.118. The highest BCUT2D eigenvalue weighted by molar-refractivity contribution is 5.76. The maximum Gasteiger partial charge on any atom is 0.137 e. The van der Waals surface area contributed by atoms with Crippen molar-refractivity contribution in [3.05, 3.63) is 35.4 Å². The summed E-state index contributed by atoms with van der Waals surface area (Å²) in [5, 5.41) is 0. The minimum absolute atomic E-state index is 0.0734. The van der Waals surface area contributed by atoms with Gasteiger partial charge in [0.1, 0.15) is 12.0 Å². The summed E-state index contributed by atoms with van der Waals surface area (Å²) in [5.41, 5.74) is 2.67. The fourth-order valence-electron chi connectivity index (χ4n) is 2.91. The quantitative estimate of drug-likeness (QED) is 0.779. The van der Waals surface area contributed by atoms with Crippen molar-refractivity contribution < 1.29 is 9.53 Å². The number of nitrogens with zero attached hydrogens (tertiary/aromatic N) is 1. The molecule has 1 aromatic rings. The third-order valence-corrected chi connectivity index (χ3v) is 3.70. The molecule has 1 saturated heterocycles. The van der Waals surface area contributed by atoms with Gasteiger partial charge in [-0.15, -0.1) is 0 Å². The Balaban J connectivity index is 1.85. The van der Waals surface area contributed by atoms with Crippen LogP contribution < -0.4 is 0 Å². The molecular formula is C14H17NO2. The number of hydrogen-bond donors (Lipinski definition) is 0. The van der Waals surface area contributed by atoms with Crippen molar-refractivity contribution in [2.45, 2.75) is 32.0 Å². The predicted octanol–water partition coefficient (Wildman–Crippen LogP) is 1.92. The Bertz CT molecular complexity index is 444. The van der Waals surface area contributed by atoms with Crippen LogP contribution in [0.5, 0.6) is 0 Å². The summed E-state index contributed by atoms with van der Waals surface area (Å²) in [5.74, 6) is 0.248. The average Bonchev–Trinajstić information content (AvgIpc) is 2.72. The lowest BCUT2D eigenvalue weighted by atomic mass is 9.97. The number of ether oxygens (including phenoxy) is 1. The number of benzene rings is 1. The Kier molecular flexibility index (Phi) is 2.73. The molecule has 0 saturated carbocycles. The molecule has 0 aromatic heterocycles. The van der Waals surface area contributed by atoms with Crippen LogP contribution in [0, 0.1) is 0 Å². The second-order valence-electron chi connectivity index (χ2n) is 4.93. The summed E-state index contributed by atoms with van der Waals surface area (Å²) in [6.45, 7) is 3.34. The number of rotatable bonds is 2. The zero-order valence-electron chi connectivity index (χ0n) is 10.1. The van der Waals surface area contributed by atoms with Crippen molar-refractivity contribution in [3.8, 4) is 0 Å². The predicted molar refractivity (Wildman–Crippen MR) is 64.6 cm³/mol. The second kappa shape index (κ2) is 4.24. The van der Waals surface area contributed by atoms with Crippen molar-refractivity contribution in [2.24, 2.45) is 0 Å². The largest absolute Gasteiger partial charge is 0.357 e. The van der Waals surface area contributed by atoms with Crippen LogP contribution in [-0.2, 0) is 16.0 Å². The van der Waals surface area contributed by atoms with Gasteiger partial charge < -0.3 is 4.74 Å². The van der Waals surface area contributed by atoms with Gasteiger partial charge in [-0.25, -0.2) is 0 Å². The van der Waals surface area contributed by atoms with Crippen LogP contribution in [0.25, 0.3) is 0 Å². The van der Waals surface area contributed by atoms with Gasteiger partial charge in [-0.1, -0.05) is 24.3 Å². The third-order valence-electron chi connectivity index (χ3n) is 3.70. The summed E-state index contributed by atoms with van der Waals surface area (Å²) < 4.78 is 5.87. The molecule has 0 unspecified atom stereocenters. The van der Waals surface area contributed by atoms with Crippen molar-refractivity contribution >= 4 is 5.78 Å². The standard InChI is InChI=1S/C14H17NO2/c1-10(16)8-12-9-17-14-13-5-3-2-4-11(13)6-7-15(12)14/h2-5,12,14H,6-9H2,1H3/t12-,14+/m1/s1. The van der Waals surface area contributed by atoms with Gasteiger partial charge in [0, 0.05) is 19.0 Å². The molecular weight excluding hydrogens is 214 g/mol. The van der Waals surface area contributed by atoms with Crippen LogP contribution in [0.1, 0.15) is 30.7 Å². The minimum atomic E-state index is 0.0734. The first kappa shape index (κ1) is 10.9. The molecule has 3 rings (SSSR count). The molecule has 3 heteroatoms. The Morgan fingerprint density at radius 1 is 1.47 bits per heavy atom. The Hall–Kier alpha value is -1.19. The Morgan fingerprint density at radius 2 is 2.29 bits per heavy atom. The van der Waals surface area contributed by atoms with Crippen LogP contribution in [0.4, 0.5) is 0 Å². The molecule has 0 spiro atoms. The summed E-state index contributed by atoms with van der Waals surface area (Å²) >= 11 is 0. The number of hydrogen-bond acceptors (Lipinski definition) is 3. The van der Waals surface area contributed by atoms with Crippen LogP contribution in [0.2, 0.25) is 0 Å². The van der Waals surface area contributed by atoms with E-state index in [1.807, 2.05) is 0 Å². The molecule has 0 radical (unpaired) electrons. The molecule has 3 nitrogen and oxygen atoms in total. The fourth-order valence-corrected chi connectivity index (χ4v) is 2.91. The van der Waals surface area contributed by atoms with E-state index in [0.717, 1.165) is 13.0 Å². The number of carbonyl (C=O) groups excluding carboxylic acids is 1. The van der Waals surface area contributed by atoms with E-state index in [1.165, 1.54) is 11.1 Å². The summed E-state index contributed by atoms with van der Waals surface area (Å²) in [4.78, 5) is 13.6. The molecule has 17 heavy (non-hydrogen) atoms. The molecule has 1 aromatic carbocycles. The van der Waals surface area contributed by atoms with Crippen molar-refractivity contribution in [2.75, 3.05) is 13.2 Å². The first-order valence-electron chi connectivity index (χ1n) is 6.20. The van der Waals surface area contributed by atoms with Gasteiger partial charge in [0.15, 0.2) is 0 Å². The van der Waals surface area contributed by atoms with Crippen LogP contribution >= 0.6 is 0 Å². The smallest absolute Gasteiger partial charge is 0.137 e. The lowest BCUT2D eigenvalue weighted by Crippen LogP contribution is -2.38. The maximum absolute atomic E-state index is 11.2. The molecule has 0 bridgehead atoms. The van der Waals surface area contributed by atoms with Gasteiger partial charge in [-0.2, -0.15) is 0 Å². The molecule has 2 aliphatic heterocycles. The van der Waals surface area contributed by atoms with Gasteiger partial charge >= 0.3 is 0 Å². The first-order valence-corrected chi connectivity index (χ1v) is 6.20.